The Hall–Kier alpha value is -1.76. The summed E-state index contributed by atoms with van der Waals surface area (Å²) in [6.07, 6.45) is 4.75. The van der Waals surface area contributed by atoms with Crippen LogP contribution in [0.2, 0.25) is 0 Å². The number of hydrogen-bond acceptors (Lipinski definition) is 2. The summed E-state index contributed by atoms with van der Waals surface area (Å²) in [6, 6.07) is 16.8. The molecule has 0 N–H and O–H groups in total. The molecule has 0 bridgehead atoms. The highest BCUT2D eigenvalue weighted by atomic mass is 32.1. The van der Waals surface area contributed by atoms with Crippen molar-refractivity contribution >= 4 is 23.1 Å². The van der Waals surface area contributed by atoms with Crippen molar-refractivity contribution in [3.8, 4) is 0 Å². The molecule has 0 atom stereocenters. The minimum Gasteiger partial charge on any atom is -0.195 e. The van der Waals surface area contributed by atoms with Crippen molar-refractivity contribution in [3.05, 3.63) is 65.2 Å². The van der Waals surface area contributed by atoms with E-state index in [2.05, 4.69) is 79.5 Å². The summed E-state index contributed by atoms with van der Waals surface area (Å²) in [5.74, 6) is 0. The predicted octanol–water partition coefficient (Wildman–Crippen LogP) is 6.96. The van der Waals surface area contributed by atoms with E-state index in [1.165, 1.54) is 36.0 Å². The maximum Gasteiger partial charge on any atom is 0.0739 e. The molecule has 2 rings (SSSR count). The fourth-order valence-corrected chi connectivity index (χ4v) is 2.23. The normalized spacial score (nSPS) is 9.00. The fraction of sp³-hybridized carbons (Fsp3) is 0.381. The van der Waals surface area contributed by atoms with E-state index in [-0.39, 0.29) is 7.43 Å². The first-order valence-corrected chi connectivity index (χ1v) is 8.32. The summed E-state index contributed by atoms with van der Waals surface area (Å²) >= 11 is 4.50. The van der Waals surface area contributed by atoms with E-state index in [4.69, 9.17) is 0 Å². The summed E-state index contributed by atoms with van der Waals surface area (Å²) in [5.41, 5.74) is 5.03. The Morgan fingerprint density at radius 2 is 1.26 bits per heavy atom. The maximum absolute atomic E-state index is 4.50. The zero-order chi connectivity index (χ0) is 16.2. The second-order valence-corrected chi connectivity index (χ2v) is 5.54. The summed E-state index contributed by atoms with van der Waals surface area (Å²) in [6.45, 7) is 6.50. The molecule has 2 aromatic rings. The van der Waals surface area contributed by atoms with E-state index < -0.39 is 0 Å². The molecule has 1 nitrogen and oxygen atoms in total. The Kier molecular flexibility index (Phi) is 11.8. The van der Waals surface area contributed by atoms with Gasteiger partial charge in [-0.25, -0.2) is 0 Å². The Bertz CT molecular complexity index is 578. The van der Waals surface area contributed by atoms with Crippen LogP contribution in [0.5, 0.6) is 0 Å². The molecule has 0 saturated carbocycles. The summed E-state index contributed by atoms with van der Waals surface area (Å²) < 4.78 is 0. The van der Waals surface area contributed by atoms with Gasteiger partial charge in [0.1, 0.15) is 0 Å². The molecule has 0 aromatic heterocycles. The molecule has 0 aliphatic carbocycles. The molecule has 0 spiro atoms. The van der Waals surface area contributed by atoms with Gasteiger partial charge in [0.15, 0.2) is 0 Å². The monoisotopic (exact) mass is 327 g/mol. The van der Waals surface area contributed by atoms with Gasteiger partial charge in [-0.15, -0.1) is 0 Å². The van der Waals surface area contributed by atoms with E-state index in [0.717, 1.165) is 12.1 Å². The van der Waals surface area contributed by atoms with Crippen molar-refractivity contribution in [2.75, 3.05) is 0 Å². The van der Waals surface area contributed by atoms with Gasteiger partial charge in [0.2, 0.25) is 0 Å². The van der Waals surface area contributed by atoms with Crippen LogP contribution in [-0.4, -0.2) is 5.16 Å². The van der Waals surface area contributed by atoms with Gasteiger partial charge in [-0.2, -0.15) is 4.99 Å². The molecule has 0 heterocycles. The average Bonchev–Trinajstić information content (AvgIpc) is 2.53. The van der Waals surface area contributed by atoms with Gasteiger partial charge in [0.25, 0.3) is 0 Å². The largest absolute Gasteiger partial charge is 0.195 e. The number of rotatable bonds is 5. The van der Waals surface area contributed by atoms with Gasteiger partial charge in [-0.1, -0.05) is 76.1 Å². The van der Waals surface area contributed by atoms with Crippen molar-refractivity contribution in [2.24, 2.45) is 4.99 Å². The van der Waals surface area contributed by atoms with Crippen molar-refractivity contribution in [1.82, 2.24) is 0 Å². The van der Waals surface area contributed by atoms with Crippen molar-refractivity contribution in [1.29, 1.82) is 0 Å². The van der Waals surface area contributed by atoms with E-state index in [1.807, 2.05) is 12.1 Å². The SMILES string of the molecule is C.CCCc1ccc(C)cc1.CCCc1ccc(N=C=S)cc1. The van der Waals surface area contributed by atoms with Gasteiger partial charge < -0.3 is 0 Å². The molecule has 0 saturated heterocycles. The molecule has 0 unspecified atom stereocenters. The predicted molar refractivity (Wildman–Crippen MR) is 107 cm³/mol. The lowest BCUT2D eigenvalue weighted by Crippen LogP contribution is -1.81. The van der Waals surface area contributed by atoms with Crippen LogP contribution in [0.25, 0.3) is 0 Å². The van der Waals surface area contributed by atoms with Crippen LogP contribution in [0.4, 0.5) is 5.69 Å². The second kappa shape index (κ2) is 12.8. The first-order chi connectivity index (χ1) is 10.7. The van der Waals surface area contributed by atoms with Crippen LogP contribution in [0.1, 0.15) is 50.8 Å². The molecule has 124 valence electrons. The Balaban J connectivity index is 0.000000409. The fourth-order valence-electron chi connectivity index (χ4n) is 2.12. The summed E-state index contributed by atoms with van der Waals surface area (Å²) in [7, 11) is 0. The van der Waals surface area contributed by atoms with Crippen LogP contribution >= 0.6 is 12.2 Å². The van der Waals surface area contributed by atoms with Crippen molar-refractivity contribution in [3.63, 3.8) is 0 Å². The number of aliphatic imine (C=N–C) groups is 1. The molecule has 0 fully saturated rings. The van der Waals surface area contributed by atoms with Crippen molar-refractivity contribution in [2.45, 2.75) is 53.9 Å². The molecule has 0 amide bonds. The van der Waals surface area contributed by atoms with Crippen LogP contribution in [0.15, 0.2) is 53.5 Å². The first kappa shape index (κ1) is 21.2. The third-order valence-corrected chi connectivity index (χ3v) is 3.40. The highest BCUT2D eigenvalue weighted by Gasteiger charge is 1.90. The quantitative estimate of drug-likeness (QED) is 0.427. The number of thiocarbonyl (C=S) groups is 1. The van der Waals surface area contributed by atoms with Crippen LogP contribution in [0, 0.1) is 6.92 Å². The molecule has 2 aromatic carbocycles. The molecule has 0 aliphatic heterocycles. The van der Waals surface area contributed by atoms with E-state index in [9.17, 15) is 0 Å². The first-order valence-electron chi connectivity index (χ1n) is 7.92. The van der Waals surface area contributed by atoms with Gasteiger partial charge >= 0.3 is 0 Å². The van der Waals surface area contributed by atoms with E-state index in [1.54, 1.807) is 0 Å². The Morgan fingerprint density at radius 1 is 0.826 bits per heavy atom. The third kappa shape index (κ3) is 9.07. The Morgan fingerprint density at radius 3 is 1.65 bits per heavy atom. The van der Waals surface area contributed by atoms with E-state index >= 15 is 0 Å². The lowest BCUT2D eigenvalue weighted by atomic mass is 10.1. The molecule has 0 aliphatic rings. The van der Waals surface area contributed by atoms with Crippen LogP contribution < -0.4 is 0 Å². The van der Waals surface area contributed by atoms with Gasteiger partial charge in [0, 0.05) is 0 Å². The second-order valence-electron chi connectivity index (χ2n) is 5.36. The Labute approximate surface area is 147 Å². The molecular formula is C21H29NS. The van der Waals surface area contributed by atoms with Crippen LogP contribution in [-0.2, 0) is 12.8 Å². The maximum atomic E-state index is 4.50. The molecule has 0 radical (unpaired) electrons. The molecular weight excluding hydrogens is 298 g/mol. The number of nitrogens with zero attached hydrogens (tertiary/aromatic N) is 1. The lowest BCUT2D eigenvalue weighted by molar-refractivity contribution is 0.921. The van der Waals surface area contributed by atoms with Gasteiger partial charge in [-0.3, -0.25) is 0 Å². The number of hydrogen-bond donors (Lipinski definition) is 0. The summed E-state index contributed by atoms with van der Waals surface area (Å²) in [4.78, 5) is 3.87. The third-order valence-electron chi connectivity index (χ3n) is 3.31. The van der Waals surface area contributed by atoms with E-state index in [0.29, 0.717) is 0 Å². The minimum atomic E-state index is 0. The number of aryl methyl sites for hydroxylation is 3. The van der Waals surface area contributed by atoms with Gasteiger partial charge in [0.05, 0.1) is 10.8 Å². The standard InChI is InChI=1S/C10H11NS.C10H14.CH4/c1-2-3-9-4-6-10(7-5-9)11-8-12;1-3-4-10-7-5-9(2)6-8-10;/h4-7H,2-3H2,1H3;5-8H,3-4H2,1-2H3;1H4. The summed E-state index contributed by atoms with van der Waals surface area (Å²) in [5, 5.41) is 2.34. The smallest absolute Gasteiger partial charge is 0.0739 e. The number of isothiocyanates is 1. The van der Waals surface area contributed by atoms with Crippen LogP contribution in [0.3, 0.4) is 0 Å². The van der Waals surface area contributed by atoms with Crippen molar-refractivity contribution < 1.29 is 0 Å². The number of benzene rings is 2. The highest BCUT2D eigenvalue weighted by Crippen LogP contribution is 2.13. The van der Waals surface area contributed by atoms with Gasteiger partial charge in [-0.05, 0) is 55.2 Å². The highest BCUT2D eigenvalue weighted by molar-refractivity contribution is 7.78. The average molecular weight is 328 g/mol. The zero-order valence-corrected chi connectivity index (χ0v) is 14.6. The zero-order valence-electron chi connectivity index (χ0n) is 13.8. The topological polar surface area (TPSA) is 12.4 Å². The molecule has 2 heteroatoms. The minimum absolute atomic E-state index is 0. The lowest BCUT2D eigenvalue weighted by Gasteiger charge is -1.97. The molecule has 23 heavy (non-hydrogen) atoms.